The quantitative estimate of drug-likeness (QED) is 0.323. The summed E-state index contributed by atoms with van der Waals surface area (Å²) in [5.41, 5.74) is 0.0731. The first kappa shape index (κ1) is 12.0. The summed E-state index contributed by atoms with van der Waals surface area (Å²) in [5.74, 6) is -1.10. The van der Waals surface area contributed by atoms with E-state index in [1.165, 1.54) is 0 Å². The molecule has 0 aromatic heterocycles. The smallest absolute Gasteiger partial charge is 0.256 e. The molecular weight excluding hydrogens is 329 g/mol. The van der Waals surface area contributed by atoms with Gasteiger partial charge in [0.05, 0.1) is 11.7 Å². The first-order chi connectivity index (χ1) is 7.54. The van der Waals surface area contributed by atoms with Gasteiger partial charge in [0.2, 0.25) is 0 Å². The van der Waals surface area contributed by atoms with Gasteiger partial charge >= 0.3 is 0 Å². The van der Waals surface area contributed by atoms with Crippen LogP contribution in [0.15, 0.2) is 11.6 Å². The van der Waals surface area contributed by atoms with Crippen LogP contribution in [0.4, 0.5) is 0 Å². The molecule has 2 aliphatic rings. The molecule has 88 valence electrons. The van der Waals surface area contributed by atoms with Gasteiger partial charge in [-0.1, -0.05) is 22.6 Å². The van der Waals surface area contributed by atoms with Crippen molar-refractivity contribution in [2.45, 2.75) is 24.4 Å². The number of nitrogens with one attached hydrogen (secondary N) is 1. The molecule has 1 saturated heterocycles. The fourth-order valence-electron chi connectivity index (χ4n) is 1.77. The van der Waals surface area contributed by atoms with Gasteiger partial charge in [0.1, 0.15) is 18.3 Å². The maximum absolute atomic E-state index is 11.3. The molecule has 6 nitrogen and oxygen atoms in total. The van der Waals surface area contributed by atoms with Crippen LogP contribution in [0, 0.1) is 0 Å². The second-order valence-corrected chi connectivity index (χ2v) is 4.53. The van der Waals surface area contributed by atoms with Crippen molar-refractivity contribution in [1.29, 1.82) is 0 Å². The van der Waals surface area contributed by atoms with E-state index in [1.54, 1.807) is 0 Å². The van der Waals surface area contributed by atoms with Gasteiger partial charge in [0.15, 0.2) is 0 Å². The molecule has 0 bridgehead atoms. The molecule has 0 unspecified atom stereocenters. The van der Waals surface area contributed by atoms with Gasteiger partial charge in [-0.2, -0.15) is 0 Å². The maximum Gasteiger partial charge on any atom is 0.256 e. The summed E-state index contributed by atoms with van der Waals surface area (Å²) in [7, 11) is 0. The summed E-state index contributed by atoms with van der Waals surface area (Å²) in [5, 5.41) is 21.4. The number of imide groups is 1. The fourth-order valence-corrected chi connectivity index (χ4v) is 2.50. The maximum atomic E-state index is 11.3. The molecule has 0 aliphatic carbocycles. The minimum atomic E-state index is -1.18. The Balaban J connectivity index is 2.20. The Hall–Kier alpha value is -0.510. The second kappa shape index (κ2) is 4.40. The standard InChI is InChI=1S/C9H10INO5/c10-2-4-6(13)7(14)8(16-4)3-1-5(12)11-9(3)15/h1,4,6-8,13-14H,2H2,(H,11,12,15)/t4-,6+,7-,8+/m0/s1. The number of alkyl halides is 1. The first-order valence-corrected chi connectivity index (χ1v) is 6.21. The fraction of sp³-hybridized carbons (Fsp3) is 0.556. The third kappa shape index (κ3) is 1.88. The zero-order chi connectivity index (χ0) is 11.9. The van der Waals surface area contributed by atoms with Gasteiger partial charge in [0.25, 0.3) is 11.8 Å². The molecule has 1 fully saturated rings. The van der Waals surface area contributed by atoms with Crippen LogP contribution in [0.1, 0.15) is 0 Å². The Morgan fingerprint density at radius 2 is 2.06 bits per heavy atom. The van der Waals surface area contributed by atoms with Crippen LogP contribution in [0.5, 0.6) is 0 Å². The van der Waals surface area contributed by atoms with E-state index in [0.717, 1.165) is 6.08 Å². The van der Waals surface area contributed by atoms with Crippen LogP contribution in [0.2, 0.25) is 0 Å². The van der Waals surface area contributed by atoms with Crippen LogP contribution in [0.25, 0.3) is 0 Å². The van der Waals surface area contributed by atoms with Crippen molar-refractivity contribution >= 4 is 34.4 Å². The number of rotatable bonds is 2. The van der Waals surface area contributed by atoms with Crippen LogP contribution in [-0.2, 0) is 14.3 Å². The van der Waals surface area contributed by atoms with Gasteiger partial charge in [-0.05, 0) is 0 Å². The molecule has 0 spiro atoms. The summed E-state index contributed by atoms with van der Waals surface area (Å²) >= 11 is 2.01. The lowest BCUT2D eigenvalue weighted by molar-refractivity contribution is -0.124. The van der Waals surface area contributed by atoms with Gasteiger partial charge in [-0.3, -0.25) is 14.9 Å². The summed E-state index contributed by atoms with van der Waals surface area (Å²) in [6.07, 6.45) is -2.57. The second-order valence-electron chi connectivity index (χ2n) is 3.65. The van der Waals surface area contributed by atoms with Gasteiger partial charge in [-0.25, -0.2) is 0 Å². The van der Waals surface area contributed by atoms with Crippen molar-refractivity contribution in [2.24, 2.45) is 0 Å². The number of carbonyl (C=O) groups is 2. The number of ether oxygens (including phenoxy) is 1. The lowest BCUT2D eigenvalue weighted by Gasteiger charge is -2.13. The topological polar surface area (TPSA) is 95.9 Å². The first-order valence-electron chi connectivity index (χ1n) is 4.69. The zero-order valence-corrected chi connectivity index (χ0v) is 10.2. The molecule has 2 rings (SSSR count). The number of hydrogen-bond acceptors (Lipinski definition) is 5. The normalized spacial score (nSPS) is 38.8. The van der Waals surface area contributed by atoms with E-state index in [9.17, 15) is 19.8 Å². The number of hydrogen-bond donors (Lipinski definition) is 3. The van der Waals surface area contributed by atoms with E-state index >= 15 is 0 Å². The van der Waals surface area contributed by atoms with Crippen LogP contribution < -0.4 is 5.32 Å². The van der Waals surface area contributed by atoms with Crippen molar-refractivity contribution < 1.29 is 24.5 Å². The number of halogens is 1. The molecule has 7 heteroatoms. The molecule has 16 heavy (non-hydrogen) atoms. The van der Waals surface area contributed by atoms with E-state index in [2.05, 4.69) is 5.32 Å². The third-order valence-electron chi connectivity index (χ3n) is 2.61. The molecule has 0 aromatic rings. The Bertz CT molecular complexity index is 369. The summed E-state index contributed by atoms with van der Waals surface area (Å²) in [6, 6.07) is 0. The number of aliphatic hydroxyl groups excluding tert-OH is 2. The van der Waals surface area contributed by atoms with Crippen molar-refractivity contribution in [1.82, 2.24) is 5.32 Å². The SMILES string of the molecule is O=C1C=C([C@H]2O[C@@H](CI)[C@@H](O)[C@@H]2O)C(=O)N1. The summed E-state index contributed by atoms with van der Waals surface area (Å²) in [4.78, 5) is 22.3. The molecule has 0 aromatic carbocycles. The highest BCUT2D eigenvalue weighted by Crippen LogP contribution is 2.28. The highest BCUT2D eigenvalue weighted by Gasteiger charge is 2.46. The van der Waals surface area contributed by atoms with Gasteiger partial charge in [-0.15, -0.1) is 0 Å². The molecule has 3 N–H and O–H groups in total. The molecule has 2 amide bonds. The average molecular weight is 339 g/mol. The number of aliphatic hydroxyl groups is 2. The van der Waals surface area contributed by atoms with Crippen LogP contribution >= 0.6 is 22.6 Å². The van der Waals surface area contributed by atoms with Crippen molar-refractivity contribution in [3.63, 3.8) is 0 Å². The average Bonchev–Trinajstić information content (AvgIpc) is 2.70. The van der Waals surface area contributed by atoms with E-state index in [0.29, 0.717) is 4.43 Å². The molecule has 2 heterocycles. The Kier molecular flexibility index (Phi) is 3.29. The molecular formula is C9H10INO5. The lowest BCUT2D eigenvalue weighted by Crippen LogP contribution is -2.35. The van der Waals surface area contributed by atoms with Crippen molar-refractivity contribution in [3.05, 3.63) is 11.6 Å². The molecule has 0 radical (unpaired) electrons. The highest BCUT2D eigenvalue weighted by atomic mass is 127. The summed E-state index contributed by atoms with van der Waals surface area (Å²) in [6.45, 7) is 0. The molecule has 2 aliphatic heterocycles. The Morgan fingerprint density at radius 1 is 1.38 bits per heavy atom. The van der Waals surface area contributed by atoms with Crippen LogP contribution in [0.3, 0.4) is 0 Å². The summed E-state index contributed by atoms with van der Waals surface area (Å²) < 4.78 is 5.84. The van der Waals surface area contributed by atoms with Gasteiger partial charge in [0, 0.05) is 10.5 Å². The largest absolute Gasteiger partial charge is 0.388 e. The van der Waals surface area contributed by atoms with Gasteiger partial charge < -0.3 is 14.9 Å². The van der Waals surface area contributed by atoms with Crippen molar-refractivity contribution in [3.8, 4) is 0 Å². The monoisotopic (exact) mass is 339 g/mol. The van der Waals surface area contributed by atoms with Crippen molar-refractivity contribution in [2.75, 3.05) is 4.43 Å². The predicted molar refractivity (Wildman–Crippen MR) is 60.8 cm³/mol. The predicted octanol–water partition coefficient (Wildman–Crippen LogP) is -1.51. The lowest BCUT2D eigenvalue weighted by atomic mass is 10.0. The third-order valence-corrected chi connectivity index (χ3v) is 3.47. The zero-order valence-electron chi connectivity index (χ0n) is 8.09. The minimum absolute atomic E-state index is 0.0731. The Morgan fingerprint density at radius 3 is 2.50 bits per heavy atom. The Labute approximate surface area is 105 Å². The highest BCUT2D eigenvalue weighted by molar-refractivity contribution is 14.1. The number of carbonyl (C=O) groups excluding carboxylic acids is 2. The van der Waals surface area contributed by atoms with Crippen LogP contribution in [-0.4, -0.2) is 50.9 Å². The van der Waals surface area contributed by atoms with E-state index in [-0.39, 0.29) is 5.57 Å². The molecule has 0 saturated carbocycles. The van der Waals surface area contributed by atoms with E-state index < -0.39 is 36.2 Å². The molecule has 4 atom stereocenters. The van der Waals surface area contributed by atoms with E-state index in [1.807, 2.05) is 22.6 Å². The minimum Gasteiger partial charge on any atom is -0.388 e. The number of amides is 2. The van der Waals surface area contributed by atoms with E-state index in [4.69, 9.17) is 4.74 Å².